The van der Waals surface area contributed by atoms with Gasteiger partial charge in [-0.1, -0.05) is 24.3 Å². The molecule has 0 unspecified atom stereocenters. The average Bonchev–Trinajstić information content (AvgIpc) is 3.04. The summed E-state index contributed by atoms with van der Waals surface area (Å²) in [6.45, 7) is 0.531. The van der Waals surface area contributed by atoms with Crippen molar-refractivity contribution in [3.63, 3.8) is 0 Å². The first-order chi connectivity index (χ1) is 11.8. The maximum atomic E-state index is 12.2. The van der Waals surface area contributed by atoms with Crippen molar-refractivity contribution in [2.24, 2.45) is 0 Å². The number of aromatic nitrogens is 2. The Morgan fingerprint density at radius 2 is 2.08 bits per heavy atom. The summed E-state index contributed by atoms with van der Waals surface area (Å²) in [4.78, 5) is 19.6. The first-order valence-electron chi connectivity index (χ1n) is 7.78. The Balaban J connectivity index is 1.61. The zero-order chi connectivity index (χ0) is 16.8. The Morgan fingerprint density at radius 3 is 2.88 bits per heavy atom. The fraction of sp³-hybridized carbons (Fsp3) is 0.158. The highest BCUT2D eigenvalue weighted by molar-refractivity contribution is 5.95. The maximum Gasteiger partial charge on any atom is 0.286 e. The summed E-state index contributed by atoms with van der Waals surface area (Å²) in [6.07, 6.45) is 6.03. The lowest BCUT2D eigenvalue weighted by Gasteiger charge is -2.07. The average molecular weight is 321 g/mol. The van der Waals surface area contributed by atoms with Gasteiger partial charge in [-0.15, -0.1) is 0 Å². The quantitative estimate of drug-likeness (QED) is 0.542. The lowest BCUT2D eigenvalue weighted by Crippen LogP contribution is -2.27. The van der Waals surface area contributed by atoms with Crippen molar-refractivity contribution in [1.82, 2.24) is 15.3 Å². The van der Waals surface area contributed by atoms with Crippen LogP contribution in [-0.4, -0.2) is 29.5 Å². The second kappa shape index (κ2) is 7.46. The molecule has 0 bridgehead atoms. The molecule has 2 heterocycles. The standard InChI is InChI=1S/C19H19N3O2/c1-24-18(12-15-6-4-5-10-20-15)19(23)21-11-9-14-13-22-17-8-3-2-7-16(14)17/h2-8,10,12-13,22H,9,11H2,1H3,(H,21,23)/b18-12+. The van der Waals surface area contributed by atoms with Crippen LogP contribution in [0.15, 0.2) is 60.6 Å². The molecule has 0 aliphatic rings. The van der Waals surface area contributed by atoms with E-state index in [0.717, 1.165) is 11.9 Å². The van der Waals surface area contributed by atoms with Crippen LogP contribution in [0.3, 0.4) is 0 Å². The van der Waals surface area contributed by atoms with Gasteiger partial charge in [-0.05, 0) is 30.2 Å². The van der Waals surface area contributed by atoms with Crippen molar-refractivity contribution in [1.29, 1.82) is 0 Å². The summed E-state index contributed by atoms with van der Waals surface area (Å²) in [5, 5.41) is 4.07. The highest BCUT2D eigenvalue weighted by atomic mass is 16.5. The van der Waals surface area contributed by atoms with Crippen LogP contribution in [0, 0.1) is 0 Å². The van der Waals surface area contributed by atoms with E-state index in [2.05, 4.69) is 21.4 Å². The molecule has 122 valence electrons. The molecule has 0 saturated carbocycles. The molecule has 5 heteroatoms. The number of pyridine rings is 1. The van der Waals surface area contributed by atoms with E-state index in [0.29, 0.717) is 12.2 Å². The third kappa shape index (κ3) is 3.63. The molecule has 0 spiro atoms. The smallest absolute Gasteiger partial charge is 0.286 e. The molecule has 3 aromatic rings. The molecule has 2 N–H and O–H groups in total. The number of methoxy groups -OCH3 is 1. The van der Waals surface area contributed by atoms with Gasteiger partial charge < -0.3 is 15.0 Å². The van der Waals surface area contributed by atoms with Gasteiger partial charge in [-0.3, -0.25) is 9.78 Å². The second-order valence-corrected chi connectivity index (χ2v) is 5.33. The van der Waals surface area contributed by atoms with Crippen molar-refractivity contribution in [2.45, 2.75) is 6.42 Å². The lowest BCUT2D eigenvalue weighted by atomic mass is 10.1. The number of carbonyl (C=O) groups is 1. The Labute approximate surface area is 140 Å². The minimum Gasteiger partial charge on any atom is -0.491 e. The Hall–Kier alpha value is -3.08. The summed E-state index contributed by atoms with van der Waals surface area (Å²) in [6, 6.07) is 13.6. The number of nitrogens with zero attached hydrogens (tertiary/aromatic N) is 1. The van der Waals surface area contributed by atoms with Gasteiger partial charge in [0.15, 0.2) is 5.76 Å². The van der Waals surface area contributed by atoms with E-state index in [9.17, 15) is 4.79 Å². The van der Waals surface area contributed by atoms with E-state index in [1.54, 1.807) is 12.3 Å². The number of amides is 1. The predicted molar refractivity (Wildman–Crippen MR) is 94.2 cm³/mol. The molecule has 3 rings (SSSR count). The Morgan fingerprint density at radius 1 is 1.25 bits per heavy atom. The maximum absolute atomic E-state index is 12.2. The van der Waals surface area contributed by atoms with Crippen LogP contribution in [0.5, 0.6) is 0 Å². The summed E-state index contributed by atoms with van der Waals surface area (Å²) in [7, 11) is 1.48. The predicted octanol–water partition coefficient (Wildman–Crippen LogP) is 2.91. The van der Waals surface area contributed by atoms with Gasteiger partial charge in [0.05, 0.1) is 12.8 Å². The van der Waals surface area contributed by atoms with Gasteiger partial charge in [-0.2, -0.15) is 0 Å². The van der Waals surface area contributed by atoms with Gasteiger partial charge in [0.2, 0.25) is 0 Å². The second-order valence-electron chi connectivity index (χ2n) is 5.33. The Kier molecular flexibility index (Phi) is 4.91. The van der Waals surface area contributed by atoms with Crippen LogP contribution in [-0.2, 0) is 16.0 Å². The highest BCUT2D eigenvalue weighted by Crippen LogP contribution is 2.17. The molecule has 2 aromatic heterocycles. The monoisotopic (exact) mass is 321 g/mol. The summed E-state index contributed by atoms with van der Waals surface area (Å²) in [5.41, 5.74) is 2.96. The fourth-order valence-corrected chi connectivity index (χ4v) is 2.55. The van der Waals surface area contributed by atoms with Crippen LogP contribution in [0.25, 0.3) is 17.0 Å². The van der Waals surface area contributed by atoms with E-state index in [1.807, 2.05) is 42.6 Å². The van der Waals surface area contributed by atoms with E-state index < -0.39 is 0 Å². The number of rotatable bonds is 6. The fourth-order valence-electron chi connectivity index (χ4n) is 2.55. The first kappa shape index (κ1) is 15.8. The number of ether oxygens (including phenoxy) is 1. The topological polar surface area (TPSA) is 67.0 Å². The highest BCUT2D eigenvalue weighted by Gasteiger charge is 2.10. The molecule has 5 nitrogen and oxygen atoms in total. The molecular weight excluding hydrogens is 302 g/mol. The lowest BCUT2D eigenvalue weighted by molar-refractivity contribution is -0.120. The summed E-state index contributed by atoms with van der Waals surface area (Å²) < 4.78 is 5.18. The molecule has 0 fully saturated rings. The molecule has 1 aromatic carbocycles. The minimum atomic E-state index is -0.247. The largest absolute Gasteiger partial charge is 0.491 e. The molecule has 0 aliphatic heterocycles. The number of benzene rings is 1. The SMILES string of the molecule is CO/C(=C/c1ccccn1)C(=O)NCCc1c[nH]c2ccccc12. The number of hydrogen-bond donors (Lipinski definition) is 2. The number of nitrogens with one attached hydrogen (secondary N) is 2. The van der Waals surface area contributed by atoms with Crippen molar-refractivity contribution < 1.29 is 9.53 Å². The number of carbonyl (C=O) groups excluding carboxylic acids is 1. The minimum absolute atomic E-state index is 0.243. The van der Waals surface area contributed by atoms with Gasteiger partial charge in [0.25, 0.3) is 5.91 Å². The number of para-hydroxylation sites is 1. The van der Waals surface area contributed by atoms with E-state index >= 15 is 0 Å². The van der Waals surface area contributed by atoms with Crippen LogP contribution >= 0.6 is 0 Å². The van der Waals surface area contributed by atoms with Crippen molar-refractivity contribution in [3.05, 3.63) is 71.9 Å². The van der Waals surface area contributed by atoms with Crippen LogP contribution in [0.2, 0.25) is 0 Å². The third-order valence-corrected chi connectivity index (χ3v) is 3.77. The van der Waals surface area contributed by atoms with Crippen molar-refractivity contribution in [2.75, 3.05) is 13.7 Å². The zero-order valence-corrected chi connectivity index (χ0v) is 13.5. The molecule has 0 aliphatic carbocycles. The molecular formula is C19H19N3O2. The number of fused-ring (bicyclic) bond motifs is 1. The van der Waals surface area contributed by atoms with Gasteiger partial charge >= 0.3 is 0 Å². The number of aromatic amines is 1. The van der Waals surface area contributed by atoms with E-state index in [4.69, 9.17) is 4.74 Å². The molecule has 1 amide bonds. The Bertz CT molecular complexity index is 853. The summed E-state index contributed by atoms with van der Waals surface area (Å²) >= 11 is 0. The molecule has 0 saturated heterocycles. The van der Waals surface area contributed by atoms with E-state index in [1.165, 1.54) is 18.1 Å². The van der Waals surface area contributed by atoms with Gasteiger partial charge in [0.1, 0.15) is 0 Å². The van der Waals surface area contributed by atoms with Crippen LogP contribution < -0.4 is 5.32 Å². The zero-order valence-electron chi connectivity index (χ0n) is 13.5. The van der Waals surface area contributed by atoms with Gasteiger partial charge in [-0.25, -0.2) is 0 Å². The third-order valence-electron chi connectivity index (χ3n) is 3.77. The normalized spacial score (nSPS) is 11.5. The van der Waals surface area contributed by atoms with Crippen LogP contribution in [0.4, 0.5) is 0 Å². The summed E-state index contributed by atoms with van der Waals surface area (Å²) in [5.74, 6) is -0.00405. The first-order valence-corrected chi connectivity index (χ1v) is 7.78. The van der Waals surface area contributed by atoms with Crippen LogP contribution in [0.1, 0.15) is 11.3 Å². The number of H-pyrrole nitrogens is 1. The molecule has 0 atom stereocenters. The van der Waals surface area contributed by atoms with Gasteiger partial charge in [0, 0.05) is 35.9 Å². The van der Waals surface area contributed by atoms with Crippen molar-refractivity contribution in [3.8, 4) is 0 Å². The molecule has 0 radical (unpaired) electrons. The number of hydrogen-bond acceptors (Lipinski definition) is 3. The molecule has 24 heavy (non-hydrogen) atoms. The van der Waals surface area contributed by atoms with Crippen molar-refractivity contribution >= 4 is 22.9 Å². The van der Waals surface area contributed by atoms with E-state index in [-0.39, 0.29) is 11.7 Å².